The average molecular weight is 596 g/mol. The van der Waals surface area contributed by atoms with Gasteiger partial charge in [-0.3, -0.25) is 14.5 Å². The number of hydrogen-bond acceptors (Lipinski definition) is 12. The summed E-state index contributed by atoms with van der Waals surface area (Å²) in [6, 6.07) is -1.04. The number of amides is 2. The number of aromatic nitrogens is 4. The van der Waals surface area contributed by atoms with Crippen LogP contribution in [0.5, 0.6) is 0 Å². The fourth-order valence-corrected chi connectivity index (χ4v) is 7.43. The molecule has 3 aliphatic rings. The van der Waals surface area contributed by atoms with Crippen LogP contribution in [0.25, 0.3) is 0 Å². The minimum Gasteiger partial charge on any atom is -0.478 e. The number of nitrogens with zero attached hydrogens (tertiary/aromatic N) is 6. The van der Waals surface area contributed by atoms with E-state index in [4.69, 9.17) is 10.6 Å². The topological polar surface area (TPSA) is 206 Å². The Morgan fingerprint density at radius 3 is 2.77 bits per heavy atom. The molecule has 5 heterocycles. The monoisotopic (exact) mass is 595 g/mol. The number of β-lactam (4-membered cyclic amide) rings is 1. The molecular weight excluding hydrogens is 572 g/mol. The quantitative estimate of drug-likeness (QED) is 0.123. The van der Waals surface area contributed by atoms with E-state index in [1.807, 2.05) is 9.36 Å². The van der Waals surface area contributed by atoms with Crippen LogP contribution in [0.15, 0.2) is 33.8 Å². The second kappa shape index (κ2) is 10.2. The van der Waals surface area contributed by atoms with Gasteiger partial charge in [-0.25, -0.2) is 14.6 Å². The number of carboxylic acid groups (broad SMARTS) is 2. The first-order valence-electron chi connectivity index (χ1n) is 11.5. The first kappa shape index (κ1) is 26.9. The molecular formula is C21H23N8O7S3+. The number of rotatable bonds is 9. The summed E-state index contributed by atoms with van der Waals surface area (Å²) in [7, 11) is 0. The smallest absolute Gasteiger partial charge is 0.353 e. The van der Waals surface area contributed by atoms with Crippen LogP contribution in [0.1, 0.15) is 19.5 Å². The van der Waals surface area contributed by atoms with Gasteiger partial charge in [-0.05, 0) is 18.8 Å². The minimum absolute atomic E-state index is 0.0380. The van der Waals surface area contributed by atoms with Crippen molar-refractivity contribution < 1.29 is 38.9 Å². The Balaban J connectivity index is 1.32. The van der Waals surface area contributed by atoms with E-state index in [2.05, 4.69) is 20.4 Å². The van der Waals surface area contributed by atoms with E-state index < -0.39 is 40.8 Å². The summed E-state index contributed by atoms with van der Waals surface area (Å²) < 4.78 is 3.88. The van der Waals surface area contributed by atoms with Gasteiger partial charge in [-0.1, -0.05) is 5.16 Å². The molecule has 2 amide bonds. The fourth-order valence-electron chi connectivity index (χ4n) is 4.06. The van der Waals surface area contributed by atoms with E-state index >= 15 is 0 Å². The molecule has 5 N–H and O–H groups in total. The standard InChI is InChI=1S/C21H22N8O7S3/c1-21(2,19(34)35)36-26-12(10-5-38-20(22)24-10)15(30)25-13-16(31)29-14(18(32)33)11(6-37-17(13)29)39-9-3-27-7-23-8-28(27)4-9/h5,7-9,13,17H,3-4,6H2,1-2H3,(H4-,22,24,25,30,32,33,34,35)/p+1/b26-12-. The lowest BCUT2D eigenvalue weighted by Gasteiger charge is -2.49. The number of nitrogens with two attached hydrogens (primary N) is 1. The zero-order valence-corrected chi connectivity index (χ0v) is 23.0. The zero-order chi connectivity index (χ0) is 28.1. The van der Waals surface area contributed by atoms with Crippen molar-refractivity contribution in [3.05, 3.63) is 34.3 Å². The van der Waals surface area contributed by atoms with Gasteiger partial charge in [0.15, 0.2) is 10.8 Å². The molecule has 3 aliphatic heterocycles. The van der Waals surface area contributed by atoms with Crippen molar-refractivity contribution >= 4 is 69.5 Å². The van der Waals surface area contributed by atoms with E-state index in [9.17, 15) is 29.4 Å². The summed E-state index contributed by atoms with van der Waals surface area (Å²) in [5.41, 5.74) is 3.51. The summed E-state index contributed by atoms with van der Waals surface area (Å²) in [5.74, 6) is -3.62. The van der Waals surface area contributed by atoms with Crippen LogP contribution >= 0.6 is 34.9 Å². The predicted molar refractivity (Wildman–Crippen MR) is 139 cm³/mol. The largest absolute Gasteiger partial charge is 0.478 e. The number of thiazole rings is 1. The molecule has 39 heavy (non-hydrogen) atoms. The second-order valence-electron chi connectivity index (χ2n) is 9.22. The summed E-state index contributed by atoms with van der Waals surface area (Å²) in [6.07, 6.45) is 3.41. The summed E-state index contributed by atoms with van der Waals surface area (Å²) >= 11 is 3.80. The van der Waals surface area contributed by atoms with Gasteiger partial charge in [0.2, 0.25) is 11.9 Å². The van der Waals surface area contributed by atoms with E-state index in [-0.39, 0.29) is 27.5 Å². The van der Waals surface area contributed by atoms with Crippen molar-refractivity contribution in [3.8, 4) is 0 Å². The molecule has 0 spiro atoms. The van der Waals surface area contributed by atoms with Gasteiger partial charge < -0.3 is 26.1 Å². The highest BCUT2D eigenvalue weighted by atomic mass is 32.2. The molecule has 0 aromatic carbocycles. The highest BCUT2D eigenvalue weighted by Gasteiger charge is 2.55. The van der Waals surface area contributed by atoms with Crippen LogP contribution in [-0.2, 0) is 37.1 Å². The molecule has 2 atom stereocenters. The lowest BCUT2D eigenvalue weighted by atomic mass is 10.0. The van der Waals surface area contributed by atoms with Gasteiger partial charge in [0.1, 0.15) is 29.4 Å². The zero-order valence-electron chi connectivity index (χ0n) is 20.5. The van der Waals surface area contributed by atoms with Crippen LogP contribution in [0.4, 0.5) is 5.13 Å². The Labute approximate surface area is 233 Å². The molecule has 0 radical (unpaired) electrons. The van der Waals surface area contributed by atoms with Crippen LogP contribution in [0, 0.1) is 0 Å². The normalized spacial score (nSPS) is 22.7. The number of nitrogens with one attached hydrogen (secondary N) is 1. The predicted octanol–water partition coefficient (Wildman–Crippen LogP) is -0.695. The molecule has 0 aliphatic carbocycles. The van der Waals surface area contributed by atoms with Crippen LogP contribution in [0.2, 0.25) is 0 Å². The van der Waals surface area contributed by atoms with Gasteiger partial charge >= 0.3 is 18.3 Å². The molecule has 0 saturated carbocycles. The Kier molecular flexibility index (Phi) is 7.02. The third kappa shape index (κ3) is 5.06. The third-order valence-electron chi connectivity index (χ3n) is 6.10. The molecule has 18 heteroatoms. The Morgan fingerprint density at radius 1 is 1.36 bits per heavy atom. The number of carbonyl (C=O) groups is 4. The lowest BCUT2D eigenvalue weighted by molar-refractivity contribution is -0.758. The number of carbonyl (C=O) groups excluding carboxylic acids is 2. The van der Waals surface area contributed by atoms with Crippen LogP contribution < -0.4 is 15.7 Å². The molecule has 5 rings (SSSR count). The van der Waals surface area contributed by atoms with Crippen LogP contribution in [-0.4, -0.2) is 87.2 Å². The van der Waals surface area contributed by atoms with Gasteiger partial charge in [-0.2, -0.15) is 9.36 Å². The number of oxime groups is 1. The summed E-state index contributed by atoms with van der Waals surface area (Å²) in [5, 5.41) is 26.6. The fraction of sp³-hybridized carbons (Fsp3) is 0.429. The van der Waals surface area contributed by atoms with E-state index in [0.717, 1.165) is 11.3 Å². The van der Waals surface area contributed by atoms with Gasteiger partial charge in [0.25, 0.3) is 11.8 Å². The number of nitrogen functional groups attached to an aromatic ring is 1. The van der Waals surface area contributed by atoms with Crippen molar-refractivity contribution in [1.29, 1.82) is 0 Å². The maximum atomic E-state index is 13.2. The van der Waals surface area contributed by atoms with E-state index in [0.29, 0.717) is 23.7 Å². The van der Waals surface area contributed by atoms with Crippen LogP contribution in [0.3, 0.4) is 0 Å². The SMILES string of the molecule is CC(C)(O/N=C(\C(=O)NC1C(=O)N2C(C(=O)O)=C(SC3Cn4cnc[n+]4C3)CSC12)c1csc(N)n1)C(=O)O. The van der Waals surface area contributed by atoms with Crippen molar-refractivity contribution in [3.63, 3.8) is 0 Å². The second-order valence-corrected chi connectivity index (χ2v) is 12.6. The maximum Gasteiger partial charge on any atom is 0.353 e. The summed E-state index contributed by atoms with van der Waals surface area (Å²) in [6.45, 7) is 3.82. The molecule has 2 aromatic heterocycles. The molecule has 2 aromatic rings. The maximum absolute atomic E-state index is 13.2. The van der Waals surface area contributed by atoms with Gasteiger partial charge in [-0.15, -0.1) is 34.9 Å². The highest BCUT2D eigenvalue weighted by Crippen LogP contribution is 2.44. The first-order valence-corrected chi connectivity index (χ1v) is 14.3. The Bertz CT molecular complexity index is 1410. The molecule has 2 unspecified atom stereocenters. The number of anilines is 1. The summed E-state index contributed by atoms with van der Waals surface area (Å²) in [4.78, 5) is 64.9. The highest BCUT2D eigenvalue weighted by molar-refractivity contribution is 8.06. The van der Waals surface area contributed by atoms with Crippen molar-refractivity contribution in [2.75, 3.05) is 11.5 Å². The number of aliphatic carboxylic acids is 2. The van der Waals surface area contributed by atoms with Crippen molar-refractivity contribution in [1.82, 2.24) is 24.9 Å². The van der Waals surface area contributed by atoms with E-state index in [1.165, 1.54) is 47.7 Å². The van der Waals surface area contributed by atoms with Gasteiger partial charge in [0.05, 0.1) is 11.8 Å². The third-order valence-corrected chi connectivity index (χ3v) is 9.49. The molecule has 1 saturated heterocycles. The molecule has 15 nitrogen and oxygen atoms in total. The van der Waals surface area contributed by atoms with Gasteiger partial charge in [0, 0.05) is 16.0 Å². The number of carboxylic acids is 2. The molecule has 0 bridgehead atoms. The number of fused-ring (bicyclic) bond motifs is 2. The minimum atomic E-state index is -1.75. The van der Waals surface area contributed by atoms with E-state index in [1.54, 1.807) is 12.7 Å². The van der Waals surface area contributed by atoms with Crippen molar-refractivity contribution in [2.24, 2.45) is 5.16 Å². The first-order chi connectivity index (χ1) is 18.5. The molecule has 1 fully saturated rings. The number of hydrogen-bond donors (Lipinski definition) is 4. The molecule has 206 valence electrons. The Morgan fingerprint density at radius 2 is 2.13 bits per heavy atom. The van der Waals surface area contributed by atoms with Crippen molar-refractivity contribution in [2.45, 2.75) is 49.2 Å². The number of thioether (sulfide) groups is 2. The Hall–Kier alpha value is -3.64. The lowest BCUT2D eigenvalue weighted by Crippen LogP contribution is -2.71. The average Bonchev–Trinajstić information content (AvgIpc) is 3.59.